The van der Waals surface area contributed by atoms with Crippen LogP contribution in [0.25, 0.3) is 10.9 Å². The standard InChI is InChI=1S/C26H25F3N4O4/c1-16-4-2-5-17(12-16)20(14-23(34)37-24(35)26(27,28)29)21-15-33-22-13-18(6-7-19(21)22)36-11-3-8-30-25-31-9-10-32-25/h2,4-7,9-10,12-13,15,20,33H,3,8,11,14H2,1H3,(H2,30,31,32). The molecular formula is C26H25F3N4O4. The van der Waals surface area contributed by atoms with Crippen LogP contribution in [-0.2, 0) is 14.3 Å². The van der Waals surface area contributed by atoms with Gasteiger partial charge in [0.2, 0.25) is 0 Å². The van der Waals surface area contributed by atoms with Crippen LogP contribution in [-0.4, -0.2) is 46.2 Å². The van der Waals surface area contributed by atoms with Gasteiger partial charge in [-0.1, -0.05) is 29.8 Å². The van der Waals surface area contributed by atoms with Crippen molar-refractivity contribution in [3.63, 3.8) is 0 Å². The zero-order valence-electron chi connectivity index (χ0n) is 19.9. The molecule has 0 aliphatic heterocycles. The van der Waals surface area contributed by atoms with Crippen molar-refractivity contribution in [3.8, 4) is 5.75 Å². The highest BCUT2D eigenvalue weighted by atomic mass is 19.4. The van der Waals surface area contributed by atoms with Gasteiger partial charge in [-0.3, -0.25) is 4.79 Å². The van der Waals surface area contributed by atoms with E-state index in [4.69, 9.17) is 4.74 Å². The van der Waals surface area contributed by atoms with Gasteiger partial charge in [0.25, 0.3) is 0 Å². The number of rotatable bonds is 10. The summed E-state index contributed by atoms with van der Waals surface area (Å²) in [6.07, 6.45) is 0.135. The number of aromatic nitrogens is 3. The molecule has 0 bridgehead atoms. The molecule has 0 fully saturated rings. The number of anilines is 1. The number of esters is 2. The number of hydrogen-bond acceptors (Lipinski definition) is 6. The van der Waals surface area contributed by atoms with Crippen LogP contribution in [0.3, 0.4) is 0 Å². The largest absolute Gasteiger partial charge is 0.493 e. The van der Waals surface area contributed by atoms with Crippen molar-refractivity contribution in [2.45, 2.75) is 31.9 Å². The Balaban J connectivity index is 1.48. The molecule has 1 atom stereocenters. The second kappa shape index (κ2) is 11.2. The molecule has 0 radical (unpaired) electrons. The Kier molecular flexibility index (Phi) is 7.80. The van der Waals surface area contributed by atoms with E-state index in [1.165, 1.54) is 0 Å². The Morgan fingerprint density at radius 1 is 1.14 bits per heavy atom. The topological polar surface area (TPSA) is 109 Å². The van der Waals surface area contributed by atoms with E-state index in [0.29, 0.717) is 36.0 Å². The molecule has 3 N–H and O–H groups in total. The third-order valence-corrected chi connectivity index (χ3v) is 5.69. The molecule has 1 unspecified atom stereocenters. The fraction of sp³-hybridized carbons (Fsp3) is 0.269. The molecule has 0 saturated carbocycles. The summed E-state index contributed by atoms with van der Waals surface area (Å²) in [4.78, 5) is 33.7. The number of halogens is 3. The van der Waals surface area contributed by atoms with E-state index in [2.05, 4.69) is 25.0 Å². The zero-order valence-corrected chi connectivity index (χ0v) is 19.9. The number of H-pyrrole nitrogens is 2. The van der Waals surface area contributed by atoms with Gasteiger partial charge in [-0.2, -0.15) is 13.2 Å². The van der Waals surface area contributed by atoms with Gasteiger partial charge in [0.05, 0.1) is 13.0 Å². The van der Waals surface area contributed by atoms with E-state index in [-0.39, 0.29) is 0 Å². The number of aromatic amines is 2. The van der Waals surface area contributed by atoms with Gasteiger partial charge in [0, 0.05) is 48.0 Å². The van der Waals surface area contributed by atoms with E-state index in [0.717, 1.165) is 22.9 Å². The Labute approximate surface area is 210 Å². The summed E-state index contributed by atoms with van der Waals surface area (Å²) in [5.41, 5.74) is 3.05. The first-order valence-electron chi connectivity index (χ1n) is 11.6. The molecule has 4 rings (SSSR count). The van der Waals surface area contributed by atoms with Crippen molar-refractivity contribution in [1.82, 2.24) is 15.0 Å². The Bertz CT molecular complexity index is 1370. The van der Waals surface area contributed by atoms with Gasteiger partial charge < -0.3 is 24.8 Å². The number of aryl methyl sites for hydroxylation is 1. The van der Waals surface area contributed by atoms with Crippen LogP contribution in [0.2, 0.25) is 0 Å². The minimum atomic E-state index is -5.25. The van der Waals surface area contributed by atoms with Gasteiger partial charge in [-0.05, 0) is 36.6 Å². The molecule has 0 spiro atoms. The molecule has 2 aromatic carbocycles. The molecule has 194 valence electrons. The molecule has 2 heterocycles. The van der Waals surface area contributed by atoms with E-state index >= 15 is 0 Å². The first-order valence-corrected chi connectivity index (χ1v) is 11.6. The SMILES string of the molecule is Cc1cccc(C(CC(=O)OC(=O)C(F)(F)F)c2c[nH]c3cc(OCCCNc4ncc[nH]4)ccc23)c1. The normalized spacial score (nSPS) is 12.3. The van der Waals surface area contributed by atoms with Crippen LogP contribution in [0, 0.1) is 6.92 Å². The number of carbonyl (C=O) groups is 2. The lowest BCUT2D eigenvalue weighted by atomic mass is 9.87. The van der Waals surface area contributed by atoms with E-state index < -0.39 is 30.5 Å². The first-order chi connectivity index (χ1) is 17.7. The summed E-state index contributed by atoms with van der Waals surface area (Å²) in [6, 6.07) is 12.7. The maximum absolute atomic E-state index is 12.6. The molecule has 0 saturated heterocycles. The number of hydrogen-bond donors (Lipinski definition) is 3. The second-order valence-corrected chi connectivity index (χ2v) is 8.45. The summed E-state index contributed by atoms with van der Waals surface area (Å²) in [7, 11) is 0. The second-order valence-electron chi connectivity index (χ2n) is 8.45. The average Bonchev–Trinajstić information content (AvgIpc) is 3.51. The van der Waals surface area contributed by atoms with E-state index in [1.807, 2.05) is 31.2 Å². The first kappa shape index (κ1) is 25.8. The molecular weight excluding hydrogens is 489 g/mol. The van der Waals surface area contributed by atoms with E-state index in [9.17, 15) is 22.8 Å². The molecule has 11 heteroatoms. The van der Waals surface area contributed by atoms with Gasteiger partial charge in [0.15, 0.2) is 5.95 Å². The maximum Gasteiger partial charge on any atom is 0.491 e. The lowest BCUT2D eigenvalue weighted by molar-refractivity contribution is -0.201. The quantitative estimate of drug-likeness (QED) is 0.152. The van der Waals surface area contributed by atoms with Crippen LogP contribution in [0.15, 0.2) is 61.1 Å². The summed E-state index contributed by atoms with van der Waals surface area (Å²) in [5, 5.41) is 3.91. The highest BCUT2D eigenvalue weighted by molar-refractivity contribution is 5.90. The van der Waals surface area contributed by atoms with Crippen LogP contribution in [0.4, 0.5) is 19.1 Å². The highest BCUT2D eigenvalue weighted by Gasteiger charge is 2.42. The van der Waals surface area contributed by atoms with Crippen LogP contribution in [0.5, 0.6) is 5.75 Å². The lowest BCUT2D eigenvalue weighted by Crippen LogP contribution is -2.28. The molecule has 8 nitrogen and oxygen atoms in total. The molecule has 0 amide bonds. The minimum Gasteiger partial charge on any atom is -0.493 e. The highest BCUT2D eigenvalue weighted by Crippen LogP contribution is 2.35. The third-order valence-electron chi connectivity index (χ3n) is 5.69. The Hall–Kier alpha value is -4.28. The van der Waals surface area contributed by atoms with Crippen molar-refractivity contribution < 1.29 is 32.2 Å². The van der Waals surface area contributed by atoms with Crippen molar-refractivity contribution in [2.24, 2.45) is 0 Å². The van der Waals surface area contributed by atoms with Crippen LogP contribution in [0.1, 0.15) is 35.4 Å². The summed E-state index contributed by atoms with van der Waals surface area (Å²) < 4.78 is 47.7. The summed E-state index contributed by atoms with van der Waals surface area (Å²) in [5.74, 6) is -3.09. The van der Waals surface area contributed by atoms with Gasteiger partial charge in [0.1, 0.15) is 5.75 Å². The van der Waals surface area contributed by atoms with Crippen molar-refractivity contribution in [1.29, 1.82) is 0 Å². The Morgan fingerprint density at radius 2 is 1.97 bits per heavy atom. The van der Waals surface area contributed by atoms with Crippen LogP contribution >= 0.6 is 0 Å². The smallest absolute Gasteiger partial charge is 0.491 e. The summed E-state index contributed by atoms with van der Waals surface area (Å²) in [6.45, 7) is 3.01. The number of nitrogens with zero attached hydrogens (tertiary/aromatic N) is 1. The average molecular weight is 515 g/mol. The predicted octanol–water partition coefficient (Wildman–Crippen LogP) is 5.23. The van der Waals surface area contributed by atoms with E-state index in [1.54, 1.807) is 36.8 Å². The third kappa shape index (κ3) is 6.69. The number of carbonyl (C=O) groups excluding carboxylic acids is 2. The predicted molar refractivity (Wildman–Crippen MR) is 130 cm³/mol. The van der Waals surface area contributed by atoms with Crippen LogP contribution < -0.4 is 10.1 Å². The minimum absolute atomic E-state index is 0.445. The zero-order chi connectivity index (χ0) is 26.4. The lowest BCUT2D eigenvalue weighted by Gasteiger charge is -2.17. The molecule has 0 aliphatic rings. The van der Waals surface area contributed by atoms with Crippen molar-refractivity contribution >= 4 is 28.8 Å². The number of nitrogens with one attached hydrogen (secondary N) is 3. The fourth-order valence-electron chi connectivity index (χ4n) is 4.00. The number of imidazole rings is 1. The molecule has 2 aromatic heterocycles. The maximum atomic E-state index is 12.6. The number of alkyl halides is 3. The fourth-order valence-corrected chi connectivity index (χ4v) is 4.00. The van der Waals surface area contributed by atoms with Gasteiger partial charge in [-0.15, -0.1) is 0 Å². The summed E-state index contributed by atoms with van der Waals surface area (Å²) >= 11 is 0. The number of benzene rings is 2. The van der Waals surface area contributed by atoms with Crippen molar-refractivity contribution in [2.75, 3.05) is 18.5 Å². The Morgan fingerprint density at radius 3 is 2.70 bits per heavy atom. The number of ether oxygens (including phenoxy) is 2. The number of fused-ring (bicyclic) bond motifs is 1. The molecule has 37 heavy (non-hydrogen) atoms. The molecule has 4 aromatic rings. The monoisotopic (exact) mass is 514 g/mol. The van der Waals surface area contributed by atoms with Gasteiger partial charge >= 0.3 is 18.1 Å². The molecule has 0 aliphatic carbocycles. The van der Waals surface area contributed by atoms with Gasteiger partial charge in [-0.25, -0.2) is 9.78 Å². The van der Waals surface area contributed by atoms with Crippen molar-refractivity contribution in [3.05, 3.63) is 77.7 Å².